The lowest BCUT2D eigenvalue weighted by Gasteiger charge is -2.47. The van der Waals surface area contributed by atoms with Gasteiger partial charge < -0.3 is 25.5 Å². The third-order valence-corrected chi connectivity index (χ3v) is 15.9. The lowest BCUT2D eigenvalue weighted by Crippen LogP contribution is -2.53. The Labute approximate surface area is 309 Å². The Balaban J connectivity index is 1.28. The average Bonchev–Trinajstić information content (AvgIpc) is 3.84. The lowest BCUT2D eigenvalue weighted by molar-refractivity contribution is -0.125. The van der Waals surface area contributed by atoms with Gasteiger partial charge in [0.2, 0.25) is 0 Å². The van der Waals surface area contributed by atoms with E-state index in [1.54, 1.807) is 6.07 Å². The Morgan fingerprint density at radius 3 is 2.80 bits per heavy atom. The van der Waals surface area contributed by atoms with Gasteiger partial charge in [-0.05, 0) is 108 Å². The quantitative estimate of drug-likeness (QED) is 0.213. The van der Waals surface area contributed by atoms with Crippen molar-refractivity contribution in [3.05, 3.63) is 76.5 Å². The van der Waals surface area contributed by atoms with Crippen LogP contribution in [0.15, 0.2) is 59.7 Å². The minimum atomic E-state index is -0.369. The number of nitrogens with zero attached hydrogens (tertiary/aromatic N) is 2. The van der Waals surface area contributed by atoms with Crippen molar-refractivity contribution in [3.8, 4) is 11.5 Å². The average molecular weight is 727 g/mol. The molecule has 8 rings (SSSR count). The molecule has 0 amide bonds. The summed E-state index contributed by atoms with van der Waals surface area (Å²) in [5.41, 5.74) is 13.1. The van der Waals surface area contributed by atoms with Crippen LogP contribution in [0.4, 0.5) is 0 Å². The SMILES string of the molecule is CC[C@H]1CCC(=O)CC(=O)C2=Cc3cc(OC)c(O)cc3[C@H](CC2)C2=CNC(N)C(=C2)[C@@H]([C@]23CC4(CCCC4)C[C@@H]2C=Cc2cncn23)SSC1. The minimum absolute atomic E-state index is 0.0114. The number of ether oxygens (including phenoxy) is 1. The van der Waals surface area contributed by atoms with Crippen molar-refractivity contribution in [2.45, 2.75) is 107 Å². The Hall–Kier alpha value is -3.21. The molecule has 8 nitrogen and oxygen atoms in total. The van der Waals surface area contributed by atoms with Crippen LogP contribution in [-0.2, 0) is 15.1 Å². The zero-order valence-corrected chi connectivity index (χ0v) is 31.4. The molecule has 1 unspecified atom stereocenters. The summed E-state index contributed by atoms with van der Waals surface area (Å²) in [5, 5.41) is 14.7. The lowest BCUT2D eigenvalue weighted by atomic mass is 9.75. The first-order valence-corrected chi connectivity index (χ1v) is 21.2. The maximum atomic E-state index is 13.7. The molecule has 3 aliphatic carbocycles. The van der Waals surface area contributed by atoms with Crippen LogP contribution in [0, 0.1) is 17.3 Å². The van der Waals surface area contributed by atoms with E-state index in [0.717, 1.165) is 47.4 Å². The molecule has 51 heavy (non-hydrogen) atoms. The van der Waals surface area contributed by atoms with Crippen LogP contribution in [0.3, 0.4) is 0 Å². The van der Waals surface area contributed by atoms with Gasteiger partial charge >= 0.3 is 0 Å². The fourth-order valence-electron chi connectivity index (χ4n) is 10.2. The molecule has 2 fully saturated rings. The summed E-state index contributed by atoms with van der Waals surface area (Å²) in [4.78, 5) is 31.7. The second-order valence-corrected chi connectivity index (χ2v) is 18.3. The van der Waals surface area contributed by atoms with Gasteiger partial charge in [-0.1, -0.05) is 59.9 Å². The van der Waals surface area contributed by atoms with E-state index in [1.165, 1.54) is 44.8 Å². The molecule has 1 aromatic heterocycles. The number of fused-ring (bicyclic) bond motifs is 10. The number of allylic oxidation sites excluding steroid dienone is 4. The number of carbonyl (C=O) groups is 2. The zero-order chi connectivity index (χ0) is 35.3. The molecule has 1 aromatic carbocycles. The van der Waals surface area contributed by atoms with Crippen LogP contribution in [-0.4, -0.2) is 50.5 Å². The first-order valence-electron chi connectivity index (χ1n) is 18.8. The van der Waals surface area contributed by atoms with Crippen molar-refractivity contribution in [1.82, 2.24) is 14.9 Å². The van der Waals surface area contributed by atoms with Crippen molar-refractivity contribution >= 4 is 45.3 Å². The molecule has 2 aromatic rings. The molecule has 6 aliphatic rings. The summed E-state index contributed by atoms with van der Waals surface area (Å²) >= 11 is 0. The summed E-state index contributed by atoms with van der Waals surface area (Å²) in [6, 6.07) is 3.62. The predicted octanol–water partition coefficient (Wildman–Crippen LogP) is 8.05. The van der Waals surface area contributed by atoms with Gasteiger partial charge in [0.1, 0.15) is 5.78 Å². The molecule has 0 radical (unpaired) electrons. The highest BCUT2D eigenvalue weighted by atomic mass is 33.1. The predicted molar refractivity (Wildman–Crippen MR) is 206 cm³/mol. The number of nitrogens with one attached hydrogen (secondary N) is 1. The molecule has 2 saturated carbocycles. The van der Waals surface area contributed by atoms with Gasteiger partial charge in [0, 0.05) is 30.2 Å². The highest BCUT2D eigenvalue weighted by molar-refractivity contribution is 8.77. The van der Waals surface area contributed by atoms with Crippen LogP contribution >= 0.6 is 21.6 Å². The smallest absolute Gasteiger partial charge is 0.166 e. The van der Waals surface area contributed by atoms with Crippen molar-refractivity contribution in [2.75, 3.05) is 12.9 Å². The number of benzene rings is 1. The number of carbonyl (C=O) groups excluding carboxylic acids is 2. The summed E-state index contributed by atoms with van der Waals surface area (Å²) < 4.78 is 8.02. The molecule has 4 bridgehead atoms. The topological polar surface area (TPSA) is 119 Å². The molecule has 270 valence electrons. The number of hydrogen-bond acceptors (Lipinski definition) is 9. The van der Waals surface area contributed by atoms with Crippen LogP contribution < -0.4 is 15.8 Å². The van der Waals surface area contributed by atoms with E-state index < -0.39 is 0 Å². The molecule has 4 heterocycles. The van der Waals surface area contributed by atoms with Crippen LogP contribution in [0.5, 0.6) is 11.5 Å². The maximum absolute atomic E-state index is 13.7. The molecule has 3 aliphatic heterocycles. The number of methoxy groups -OCH3 is 1. The number of hydrogen-bond donors (Lipinski definition) is 3. The summed E-state index contributed by atoms with van der Waals surface area (Å²) in [6.45, 7) is 2.21. The van der Waals surface area contributed by atoms with Crippen molar-refractivity contribution in [3.63, 3.8) is 0 Å². The Kier molecular flexibility index (Phi) is 9.55. The molecule has 10 heteroatoms. The molecule has 4 N–H and O–H groups in total. The van der Waals surface area contributed by atoms with E-state index in [2.05, 4.69) is 41.4 Å². The Bertz CT molecular complexity index is 1840. The second kappa shape index (κ2) is 14.0. The van der Waals surface area contributed by atoms with Crippen molar-refractivity contribution < 1.29 is 19.4 Å². The van der Waals surface area contributed by atoms with Gasteiger partial charge in [0.15, 0.2) is 17.3 Å². The van der Waals surface area contributed by atoms with E-state index in [0.29, 0.717) is 47.8 Å². The van der Waals surface area contributed by atoms with E-state index in [-0.39, 0.29) is 46.6 Å². The van der Waals surface area contributed by atoms with E-state index >= 15 is 0 Å². The number of rotatable bonds is 3. The molecular formula is C41H50N4O4S2. The molecular weight excluding hydrogens is 677 g/mol. The summed E-state index contributed by atoms with van der Waals surface area (Å²) in [5.74, 6) is 1.87. The minimum Gasteiger partial charge on any atom is -0.504 e. The van der Waals surface area contributed by atoms with Gasteiger partial charge in [-0.25, -0.2) is 4.98 Å². The van der Waals surface area contributed by atoms with Crippen LogP contribution in [0.2, 0.25) is 0 Å². The molecule has 0 saturated heterocycles. The number of phenols is 1. The van der Waals surface area contributed by atoms with Crippen molar-refractivity contribution in [1.29, 1.82) is 0 Å². The van der Waals surface area contributed by atoms with Crippen LogP contribution in [0.25, 0.3) is 12.2 Å². The van der Waals surface area contributed by atoms with E-state index in [1.807, 2.05) is 46.1 Å². The fraction of sp³-hybridized carbons (Fsp3) is 0.537. The van der Waals surface area contributed by atoms with Crippen LogP contribution in [0.1, 0.15) is 107 Å². The zero-order valence-electron chi connectivity index (χ0n) is 29.7. The normalized spacial score (nSPS) is 31.8. The van der Waals surface area contributed by atoms with Gasteiger partial charge in [0.05, 0.1) is 48.7 Å². The monoisotopic (exact) mass is 726 g/mol. The number of Topliss-reactive ketones (excluding diaryl/α,β-unsaturated/α-hetero) is 2. The second-order valence-electron chi connectivity index (χ2n) is 15.8. The maximum Gasteiger partial charge on any atom is 0.166 e. The molecule has 6 atom stereocenters. The highest BCUT2D eigenvalue weighted by Crippen LogP contribution is 2.65. The third kappa shape index (κ3) is 6.23. The van der Waals surface area contributed by atoms with Gasteiger partial charge in [0.25, 0.3) is 0 Å². The number of nitrogens with two attached hydrogens (primary N) is 1. The fourth-order valence-corrected chi connectivity index (χ4v) is 13.9. The van der Waals surface area contributed by atoms with Gasteiger partial charge in [-0.15, -0.1) is 0 Å². The van der Waals surface area contributed by atoms with Gasteiger partial charge in [-0.3, -0.25) is 9.59 Å². The number of ketones is 2. The van der Waals surface area contributed by atoms with Gasteiger partial charge in [-0.2, -0.15) is 0 Å². The largest absolute Gasteiger partial charge is 0.504 e. The third-order valence-electron chi connectivity index (χ3n) is 12.9. The number of aromatic nitrogens is 2. The molecule has 1 spiro atoms. The number of imidazole rings is 1. The first kappa shape index (κ1) is 34.9. The number of phenolic OH excluding ortho intramolecular Hbond substituents is 1. The number of aromatic hydroxyl groups is 1. The summed E-state index contributed by atoms with van der Waals surface area (Å²) in [7, 11) is 5.42. The first-order chi connectivity index (χ1) is 24.7. The Morgan fingerprint density at radius 1 is 1.16 bits per heavy atom. The van der Waals surface area contributed by atoms with Crippen molar-refractivity contribution in [2.24, 2.45) is 23.0 Å². The highest BCUT2D eigenvalue weighted by Gasteiger charge is 2.61. The Morgan fingerprint density at radius 2 is 2.00 bits per heavy atom. The van der Waals surface area contributed by atoms with E-state index in [4.69, 9.17) is 15.5 Å². The van der Waals surface area contributed by atoms with E-state index in [9.17, 15) is 14.7 Å². The summed E-state index contributed by atoms with van der Waals surface area (Å²) in [6.07, 6.45) is 25.5. The number of dihydropyridines is 1. The standard InChI is InChI=1S/C41H50N4O4S2/c1-3-25-6-10-31(46)17-35(47)26-7-11-32(33-18-36(48)37(49-2)16-27(33)14-26)28-15-34(39(42)44-20-28)38(51-50-22-25)41-23-40(12-4-5-13-40)19-29(41)8-9-30-21-43-24-45(30)41/h8-9,14-16,18,20-21,24-25,29,32,38-39,44,48H,3-7,10-13,17,19,22-23,42H2,1-2H3/t25-,29-,32+,38-,39?,41-/m0/s1.